The molecule has 14 heavy (non-hydrogen) atoms. The van der Waals surface area contributed by atoms with Gasteiger partial charge in [-0.2, -0.15) is 15.4 Å². The predicted molar refractivity (Wildman–Crippen MR) is 54.3 cm³/mol. The lowest BCUT2D eigenvalue weighted by molar-refractivity contribution is 1.21. The van der Waals surface area contributed by atoms with Crippen LogP contribution in [-0.2, 0) is 0 Å². The van der Waals surface area contributed by atoms with E-state index in [1.165, 1.54) is 0 Å². The van der Waals surface area contributed by atoms with Crippen LogP contribution in [0.2, 0.25) is 0 Å². The van der Waals surface area contributed by atoms with Crippen molar-refractivity contribution in [3.05, 3.63) is 24.3 Å². The number of nitriles is 2. The van der Waals surface area contributed by atoms with E-state index in [1.807, 2.05) is 19.1 Å². The average Bonchev–Trinajstić information content (AvgIpc) is 2.23. The van der Waals surface area contributed by atoms with Gasteiger partial charge < -0.3 is 5.32 Å². The predicted octanol–water partition coefficient (Wildman–Crippen LogP) is 1.89. The van der Waals surface area contributed by atoms with Gasteiger partial charge in [0.1, 0.15) is 0 Å². The summed E-state index contributed by atoms with van der Waals surface area (Å²) in [6.45, 7) is 2.85. The minimum absolute atomic E-state index is 0.580. The van der Waals surface area contributed by atoms with Crippen molar-refractivity contribution in [3.8, 4) is 12.4 Å². The molecular weight excluding hydrogens is 176 g/mol. The van der Waals surface area contributed by atoms with Gasteiger partial charge in [0, 0.05) is 12.2 Å². The van der Waals surface area contributed by atoms with Crippen molar-refractivity contribution in [2.24, 2.45) is 0 Å². The molecule has 0 amide bonds. The quantitative estimate of drug-likeness (QED) is 0.578. The molecule has 0 atom stereocenters. The van der Waals surface area contributed by atoms with Crippen molar-refractivity contribution in [2.75, 3.05) is 16.8 Å². The second kappa shape index (κ2) is 4.74. The molecule has 0 saturated heterocycles. The minimum atomic E-state index is 0.580. The first kappa shape index (κ1) is 9.88. The van der Waals surface area contributed by atoms with Gasteiger partial charge in [0.25, 0.3) is 0 Å². The Balaban J connectivity index is 2.84. The molecule has 0 bridgehead atoms. The van der Waals surface area contributed by atoms with Crippen molar-refractivity contribution in [2.45, 2.75) is 6.92 Å². The lowest BCUT2D eigenvalue weighted by Crippen LogP contribution is -2.07. The average molecular weight is 186 g/mol. The molecule has 4 heteroatoms. The van der Waals surface area contributed by atoms with Gasteiger partial charge in [0.15, 0.2) is 12.4 Å². The maximum atomic E-state index is 8.59. The van der Waals surface area contributed by atoms with E-state index in [0.29, 0.717) is 5.69 Å². The molecule has 4 nitrogen and oxygen atoms in total. The number of hydrogen-bond acceptors (Lipinski definition) is 4. The van der Waals surface area contributed by atoms with Gasteiger partial charge in [-0.05, 0) is 31.2 Å². The van der Waals surface area contributed by atoms with E-state index >= 15 is 0 Å². The molecule has 0 unspecified atom stereocenters. The Labute approximate surface area is 83.0 Å². The number of nitrogens with one attached hydrogen (secondary N) is 1. The van der Waals surface area contributed by atoms with Crippen molar-refractivity contribution >= 4 is 11.4 Å². The van der Waals surface area contributed by atoms with E-state index in [2.05, 4.69) is 5.32 Å². The Kier molecular flexibility index (Phi) is 3.34. The van der Waals surface area contributed by atoms with Gasteiger partial charge in [-0.3, -0.25) is 0 Å². The molecule has 70 valence electrons. The fourth-order valence-electron chi connectivity index (χ4n) is 1.07. The number of nitrogens with zero attached hydrogens (tertiary/aromatic N) is 3. The molecule has 0 aliphatic rings. The fourth-order valence-corrected chi connectivity index (χ4v) is 1.07. The first-order chi connectivity index (χ1) is 6.81. The summed E-state index contributed by atoms with van der Waals surface area (Å²) in [6.07, 6.45) is 3.54. The third-order valence-corrected chi connectivity index (χ3v) is 1.71. The Morgan fingerprint density at radius 2 is 1.79 bits per heavy atom. The van der Waals surface area contributed by atoms with Crippen LogP contribution in [0.4, 0.5) is 11.4 Å². The molecule has 1 N–H and O–H groups in total. The van der Waals surface area contributed by atoms with Gasteiger partial charge in [0.05, 0.1) is 5.69 Å². The lowest BCUT2D eigenvalue weighted by atomic mass is 10.2. The van der Waals surface area contributed by atoms with Crippen LogP contribution in [0.15, 0.2) is 24.3 Å². The zero-order valence-electron chi connectivity index (χ0n) is 7.86. The number of rotatable bonds is 3. The monoisotopic (exact) mass is 186 g/mol. The third-order valence-electron chi connectivity index (χ3n) is 1.71. The number of benzene rings is 1. The summed E-state index contributed by atoms with van der Waals surface area (Å²) in [6, 6.07) is 7.12. The highest BCUT2D eigenvalue weighted by Gasteiger charge is 2.02. The summed E-state index contributed by atoms with van der Waals surface area (Å²) in [5.74, 6) is 0. The smallest absolute Gasteiger partial charge is 0.198 e. The molecule has 0 saturated carbocycles. The molecule has 0 aliphatic heterocycles. The van der Waals surface area contributed by atoms with Gasteiger partial charge in [-0.1, -0.05) is 0 Å². The third kappa shape index (κ3) is 2.15. The van der Waals surface area contributed by atoms with Crippen molar-refractivity contribution < 1.29 is 0 Å². The zero-order chi connectivity index (χ0) is 10.4. The van der Waals surface area contributed by atoms with Gasteiger partial charge in [-0.25, -0.2) is 0 Å². The molecule has 0 radical (unpaired) electrons. The summed E-state index contributed by atoms with van der Waals surface area (Å²) < 4.78 is 0. The largest absolute Gasteiger partial charge is 0.385 e. The SMILES string of the molecule is CCNc1ccc(N(C#N)C#N)cc1. The van der Waals surface area contributed by atoms with E-state index in [0.717, 1.165) is 17.1 Å². The van der Waals surface area contributed by atoms with Crippen LogP contribution in [0.5, 0.6) is 0 Å². The van der Waals surface area contributed by atoms with Crippen LogP contribution in [0, 0.1) is 22.9 Å². The van der Waals surface area contributed by atoms with Crippen molar-refractivity contribution in [1.82, 2.24) is 0 Å². The molecule has 0 heterocycles. The van der Waals surface area contributed by atoms with E-state index in [1.54, 1.807) is 24.5 Å². The number of anilines is 2. The van der Waals surface area contributed by atoms with Gasteiger partial charge in [0.2, 0.25) is 0 Å². The highest BCUT2D eigenvalue weighted by atomic mass is 15.1. The maximum absolute atomic E-state index is 8.59. The zero-order valence-corrected chi connectivity index (χ0v) is 7.86. The Bertz CT molecular complexity index is 355. The highest BCUT2D eigenvalue weighted by molar-refractivity contribution is 5.59. The molecule has 1 aromatic rings. The normalized spacial score (nSPS) is 8.50. The Morgan fingerprint density at radius 1 is 1.21 bits per heavy atom. The standard InChI is InChI=1S/C10H10N4/c1-2-13-9-3-5-10(6-4-9)14(7-11)8-12/h3-6,13H,2H2,1H3. The first-order valence-corrected chi connectivity index (χ1v) is 4.25. The van der Waals surface area contributed by atoms with Crippen LogP contribution in [0.3, 0.4) is 0 Å². The molecule has 0 spiro atoms. The second-order valence-electron chi connectivity index (χ2n) is 2.61. The molecular formula is C10H10N4. The molecule has 1 rings (SSSR count). The molecule has 0 aromatic heterocycles. The van der Waals surface area contributed by atoms with Crippen LogP contribution >= 0.6 is 0 Å². The maximum Gasteiger partial charge on any atom is 0.198 e. The minimum Gasteiger partial charge on any atom is -0.385 e. The molecule has 1 aromatic carbocycles. The highest BCUT2D eigenvalue weighted by Crippen LogP contribution is 2.16. The van der Waals surface area contributed by atoms with Crippen LogP contribution in [0.1, 0.15) is 6.92 Å². The Morgan fingerprint density at radius 3 is 2.21 bits per heavy atom. The van der Waals surface area contributed by atoms with E-state index in [9.17, 15) is 0 Å². The first-order valence-electron chi connectivity index (χ1n) is 4.25. The van der Waals surface area contributed by atoms with Crippen LogP contribution in [-0.4, -0.2) is 6.54 Å². The van der Waals surface area contributed by atoms with Gasteiger partial charge >= 0.3 is 0 Å². The van der Waals surface area contributed by atoms with E-state index in [-0.39, 0.29) is 0 Å². The summed E-state index contributed by atoms with van der Waals surface area (Å²) in [4.78, 5) is 0.954. The van der Waals surface area contributed by atoms with E-state index in [4.69, 9.17) is 10.5 Å². The second-order valence-corrected chi connectivity index (χ2v) is 2.61. The molecule has 0 fully saturated rings. The Hall–Kier alpha value is -2.20. The number of hydrogen-bond donors (Lipinski definition) is 1. The van der Waals surface area contributed by atoms with Crippen molar-refractivity contribution in [1.29, 1.82) is 10.5 Å². The van der Waals surface area contributed by atoms with E-state index < -0.39 is 0 Å². The summed E-state index contributed by atoms with van der Waals surface area (Å²) in [5, 5.41) is 20.3. The van der Waals surface area contributed by atoms with Crippen LogP contribution < -0.4 is 10.2 Å². The summed E-state index contributed by atoms with van der Waals surface area (Å²) >= 11 is 0. The fraction of sp³-hybridized carbons (Fsp3) is 0.200. The summed E-state index contributed by atoms with van der Waals surface area (Å²) in [5.41, 5.74) is 1.56. The van der Waals surface area contributed by atoms with Crippen molar-refractivity contribution in [3.63, 3.8) is 0 Å². The van der Waals surface area contributed by atoms with Crippen LogP contribution in [0.25, 0.3) is 0 Å². The van der Waals surface area contributed by atoms with Gasteiger partial charge in [-0.15, -0.1) is 0 Å². The molecule has 0 aliphatic carbocycles. The summed E-state index contributed by atoms with van der Waals surface area (Å²) in [7, 11) is 0. The topological polar surface area (TPSA) is 62.9 Å². The lowest BCUT2D eigenvalue weighted by Gasteiger charge is -2.07.